The van der Waals surface area contributed by atoms with Gasteiger partial charge in [0.15, 0.2) is 5.78 Å². The lowest BCUT2D eigenvalue weighted by atomic mass is 9.72. The van der Waals surface area contributed by atoms with E-state index >= 15 is 0 Å². The second-order valence-electron chi connectivity index (χ2n) is 5.62. The molecule has 1 aliphatic carbocycles. The quantitative estimate of drug-likeness (QED) is 0.560. The second kappa shape index (κ2) is 4.79. The Bertz CT molecular complexity index is 368. The van der Waals surface area contributed by atoms with Crippen LogP contribution in [0.5, 0.6) is 0 Å². The molecular formula is C14H22OS. The van der Waals surface area contributed by atoms with Crippen molar-refractivity contribution in [2.24, 2.45) is 5.41 Å². The average Bonchev–Trinajstić information content (AvgIpc) is 2.10. The van der Waals surface area contributed by atoms with Gasteiger partial charge in [-0.2, -0.15) is 0 Å². The molecule has 1 nitrogen and oxygen atoms in total. The van der Waals surface area contributed by atoms with E-state index in [-0.39, 0.29) is 5.78 Å². The van der Waals surface area contributed by atoms with E-state index in [4.69, 9.17) is 0 Å². The highest BCUT2D eigenvalue weighted by Crippen LogP contribution is 2.42. The van der Waals surface area contributed by atoms with Crippen molar-refractivity contribution < 1.29 is 4.79 Å². The first-order chi connectivity index (χ1) is 7.24. The number of thiol groups is 1. The van der Waals surface area contributed by atoms with Gasteiger partial charge in [0.25, 0.3) is 0 Å². The van der Waals surface area contributed by atoms with Crippen molar-refractivity contribution in [1.82, 2.24) is 0 Å². The molecule has 0 aromatic heterocycles. The fourth-order valence-electron chi connectivity index (χ4n) is 2.38. The normalized spacial score (nSPS) is 21.9. The Morgan fingerprint density at radius 3 is 2.31 bits per heavy atom. The largest absolute Gasteiger partial charge is 0.294 e. The van der Waals surface area contributed by atoms with Gasteiger partial charge >= 0.3 is 0 Å². The summed E-state index contributed by atoms with van der Waals surface area (Å²) >= 11 is 4.36. The smallest absolute Gasteiger partial charge is 0.160 e. The van der Waals surface area contributed by atoms with Crippen LogP contribution in [-0.4, -0.2) is 5.78 Å². The number of carbonyl (C=O) groups excluding carboxylic acids is 1. The van der Waals surface area contributed by atoms with Crippen LogP contribution in [0.25, 0.3) is 0 Å². The van der Waals surface area contributed by atoms with E-state index in [1.54, 1.807) is 6.92 Å². The van der Waals surface area contributed by atoms with Crippen LogP contribution in [0.15, 0.2) is 21.6 Å². The van der Waals surface area contributed by atoms with Crippen LogP contribution >= 0.6 is 12.6 Å². The van der Waals surface area contributed by atoms with E-state index in [0.29, 0.717) is 5.41 Å². The molecule has 1 rings (SSSR count). The Morgan fingerprint density at radius 1 is 1.31 bits per heavy atom. The summed E-state index contributed by atoms with van der Waals surface area (Å²) in [5, 5.41) is 0. The fourth-order valence-corrected chi connectivity index (χ4v) is 2.67. The molecule has 0 spiro atoms. The van der Waals surface area contributed by atoms with Crippen LogP contribution < -0.4 is 0 Å². The molecule has 1 aliphatic rings. The van der Waals surface area contributed by atoms with Gasteiger partial charge in [-0.3, -0.25) is 4.79 Å². The summed E-state index contributed by atoms with van der Waals surface area (Å²) in [7, 11) is 0. The molecule has 0 bridgehead atoms. The van der Waals surface area contributed by atoms with Crippen LogP contribution in [0, 0.1) is 5.41 Å². The van der Waals surface area contributed by atoms with E-state index in [1.807, 2.05) is 6.92 Å². The number of hydrogen-bond acceptors (Lipinski definition) is 2. The monoisotopic (exact) mass is 238 g/mol. The van der Waals surface area contributed by atoms with Gasteiger partial charge in [0.05, 0.1) is 0 Å². The maximum Gasteiger partial charge on any atom is 0.160 e. The van der Waals surface area contributed by atoms with Gasteiger partial charge in [0.1, 0.15) is 0 Å². The van der Waals surface area contributed by atoms with Crippen LogP contribution in [-0.2, 0) is 4.79 Å². The van der Waals surface area contributed by atoms with Gasteiger partial charge in [-0.05, 0) is 55.9 Å². The minimum Gasteiger partial charge on any atom is -0.294 e. The third-order valence-corrected chi connectivity index (χ3v) is 3.59. The van der Waals surface area contributed by atoms with Crippen molar-refractivity contribution in [3.8, 4) is 0 Å². The minimum atomic E-state index is 0.138. The predicted molar refractivity (Wildman–Crippen MR) is 72.7 cm³/mol. The summed E-state index contributed by atoms with van der Waals surface area (Å²) in [5.41, 5.74) is 3.74. The maximum atomic E-state index is 11.7. The Labute approximate surface area is 104 Å². The van der Waals surface area contributed by atoms with E-state index < -0.39 is 0 Å². The minimum absolute atomic E-state index is 0.138. The molecule has 0 aliphatic heterocycles. The first kappa shape index (κ1) is 13.6. The molecule has 0 atom stereocenters. The molecule has 2 heteroatoms. The molecule has 16 heavy (non-hydrogen) atoms. The fraction of sp³-hybridized carbons (Fsp3) is 0.643. The van der Waals surface area contributed by atoms with Crippen molar-refractivity contribution in [3.05, 3.63) is 21.6 Å². The summed E-state index contributed by atoms with van der Waals surface area (Å²) in [5.74, 6) is 0.138. The van der Waals surface area contributed by atoms with Gasteiger partial charge in [-0.1, -0.05) is 19.4 Å². The summed E-state index contributed by atoms with van der Waals surface area (Å²) in [4.78, 5) is 12.5. The van der Waals surface area contributed by atoms with Crippen molar-refractivity contribution >= 4 is 18.4 Å². The molecule has 0 unspecified atom stereocenters. The van der Waals surface area contributed by atoms with Crippen molar-refractivity contribution in [2.45, 2.75) is 53.9 Å². The summed E-state index contributed by atoms with van der Waals surface area (Å²) in [6.07, 6.45) is 3.30. The van der Waals surface area contributed by atoms with Crippen LogP contribution in [0.1, 0.15) is 53.9 Å². The molecule has 0 amide bonds. The molecule has 0 fully saturated rings. The first-order valence-corrected chi connectivity index (χ1v) is 6.29. The van der Waals surface area contributed by atoms with E-state index in [1.165, 1.54) is 17.6 Å². The van der Waals surface area contributed by atoms with Crippen LogP contribution in [0.4, 0.5) is 0 Å². The van der Waals surface area contributed by atoms with Gasteiger partial charge in [-0.25, -0.2) is 0 Å². The number of carbonyl (C=O) groups is 1. The zero-order valence-corrected chi connectivity index (χ0v) is 11.9. The topological polar surface area (TPSA) is 17.1 Å². The highest BCUT2D eigenvalue weighted by atomic mass is 32.1. The first-order valence-electron chi connectivity index (χ1n) is 5.84. The summed E-state index contributed by atoms with van der Waals surface area (Å²) in [6, 6.07) is 0. The average molecular weight is 238 g/mol. The highest BCUT2D eigenvalue weighted by Gasteiger charge is 2.28. The Hall–Kier alpha value is -0.500. The summed E-state index contributed by atoms with van der Waals surface area (Å²) < 4.78 is 0. The predicted octanol–water partition coefficient (Wildman–Crippen LogP) is 4.31. The number of Topliss-reactive ketones (excluding diaryl/α,β-unsaturated/α-hetero) is 1. The molecule has 0 aromatic rings. The van der Waals surface area contributed by atoms with E-state index in [0.717, 1.165) is 23.3 Å². The third-order valence-electron chi connectivity index (χ3n) is 3.36. The molecule has 90 valence electrons. The number of ketones is 1. The molecule has 0 heterocycles. The number of allylic oxidation sites excluding steroid dienone is 4. The lowest BCUT2D eigenvalue weighted by Crippen LogP contribution is -2.20. The van der Waals surface area contributed by atoms with Crippen LogP contribution in [0.2, 0.25) is 0 Å². The second-order valence-corrected chi connectivity index (χ2v) is 6.29. The zero-order chi connectivity index (χ0) is 12.5. The Kier molecular flexibility index (Phi) is 4.06. The van der Waals surface area contributed by atoms with Gasteiger partial charge in [0.2, 0.25) is 0 Å². The zero-order valence-electron chi connectivity index (χ0n) is 11.0. The molecule has 0 saturated heterocycles. The SMILES string of the molecule is CC(=O)/C(C1=C(C)CCC(C)(C)C1)=C(\C)S. The van der Waals surface area contributed by atoms with Gasteiger partial charge in [0, 0.05) is 5.57 Å². The van der Waals surface area contributed by atoms with E-state index in [9.17, 15) is 4.79 Å². The molecule has 0 radical (unpaired) electrons. The number of hydrogen-bond donors (Lipinski definition) is 1. The van der Waals surface area contributed by atoms with Crippen molar-refractivity contribution in [2.75, 3.05) is 0 Å². The number of rotatable bonds is 2. The Balaban J connectivity index is 3.20. The highest BCUT2D eigenvalue weighted by molar-refractivity contribution is 7.84. The van der Waals surface area contributed by atoms with Gasteiger partial charge in [-0.15, -0.1) is 12.6 Å². The lowest BCUT2D eigenvalue weighted by molar-refractivity contribution is -0.113. The van der Waals surface area contributed by atoms with Crippen molar-refractivity contribution in [1.29, 1.82) is 0 Å². The molecule has 0 aromatic carbocycles. The standard InChI is InChI=1S/C14H22OS/c1-9-6-7-14(4,5)8-12(9)13(10(2)15)11(3)16/h16H,6-8H2,1-5H3/b13-11-. The molecule has 0 saturated carbocycles. The summed E-state index contributed by atoms with van der Waals surface area (Å²) in [6.45, 7) is 10.2. The van der Waals surface area contributed by atoms with Crippen molar-refractivity contribution in [3.63, 3.8) is 0 Å². The van der Waals surface area contributed by atoms with E-state index in [2.05, 4.69) is 33.4 Å². The third kappa shape index (κ3) is 3.00. The molecule has 0 N–H and O–H groups in total. The maximum absolute atomic E-state index is 11.7. The van der Waals surface area contributed by atoms with Gasteiger partial charge < -0.3 is 0 Å². The Morgan fingerprint density at radius 2 is 1.88 bits per heavy atom. The molecular weight excluding hydrogens is 216 g/mol. The lowest BCUT2D eigenvalue weighted by Gasteiger charge is -2.33. The van der Waals surface area contributed by atoms with Crippen LogP contribution in [0.3, 0.4) is 0 Å².